The van der Waals surface area contributed by atoms with E-state index < -0.39 is 0 Å². The van der Waals surface area contributed by atoms with Gasteiger partial charge in [-0.05, 0) is 47.4 Å². The minimum Gasteiger partial charge on any atom is -0.508 e. The third kappa shape index (κ3) is 3.11. The smallest absolute Gasteiger partial charge is 0.163 e. The van der Waals surface area contributed by atoms with Gasteiger partial charge in [-0.25, -0.2) is 0 Å². The largest absolute Gasteiger partial charge is 0.508 e. The molecule has 0 atom stereocenters. The fourth-order valence-electron chi connectivity index (χ4n) is 2.63. The summed E-state index contributed by atoms with van der Waals surface area (Å²) < 4.78 is 0. The summed E-state index contributed by atoms with van der Waals surface area (Å²) in [4.78, 5) is 12.2. The van der Waals surface area contributed by atoms with Crippen molar-refractivity contribution in [3.05, 3.63) is 65.2 Å². The molecule has 1 aliphatic carbocycles. The fourth-order valence-corrected chi connectivity index (χ4v) is 2.63. The fraction of sp³-hybridized carbons (Fsp3) is 0.105. The second kappa shape index (κ2) is 6.01. The van der Waals surface area contributed by atoms with Crippen LogP contribution in [0.3, 0.4) is 0 Å². The highest BCUT2D eigenvalue weighted by atomic mass is 16.3. The van der Waals surface area contributed by atoms with Crippen molar-refractivity contribution in [2.45, 2.75) is 12.8 Å². The number of benzene rings is 2. The number of aryl methyl sites for hydroxylation is 1. The van der Waals surface area contributed by atoms with Crippen molar-refractivity contribution in [1.29, 1.82) is 0 Å². The van der Waals surface area contributed by atoms with Crippen LogP contribution in [0.15, 0.2) is 48.6 Å². The van der Waals surface area contributed by atoms with Crippen molar-refractivity contribution in [2.75, 3.05) is 0 Å². The highest BCUT2D eigenvalue weighted by Crippen LogP contribution is 2.36. The van der Waals surface area contributed by atoms with Crippen molar-refractivity contribution in [1.82, 2.24) is 0 Å². The summed E-state index contributed by atoms with van der Waals surface area (Å²) in [6.45, 7) is 0. The average molecular weight is 308 g/mol. The van der Waals surface area contributed by atoms with Crippen molar-refractivity contribution in [3.63, 3.8) is 0 Å². The zero-order valence-corrected chi connectivity index (χ0v) is 12.4. The molecule has 0 heterocycles. The Bertz CT molecular complexity index is 814. The lowest BCUT2D eigenvalue weighted by atomic mass is 9.85. The van der Waals surface area contributed by atoms with E-state index in [1.54, 1.807) is 36.4 Å². The van der Waals surface area contributed by atoms with Crippen LogP contribution in [0.4, 0.5) is 0 Å². The van der Waals surface area contributed by atoms with Gasteiger partial charge in [0.2, 0.25) is 0 Å². The third-order valence-corrected chi connectivity index (χ3v) is 3.86. The number of hydrogen-bond acceptors (Lipinski definition) is 4. The molecule has 1 aliphatic rings. The number of aromatic hydroxyl groups is 3. The second-order valence-electron chi connectivity index (χ2n) is 5.45. The SMILES string of the molecule is O=C1CCc2cc(O)c(O)cc2/C1=C\C=C\c1ccc(O)cc1. The quantitative estimate of drug-likeness (QED) is 0.587. The normalized spacial score (nSPS) is 16.0. The number of allylic oxidation sites excluding steroid dienone is 3. The molecule has 23 heavy (non-hydrogen) atoms. The van der Waals surface area contributed by atoms with Gasteiger partial charge in [0.25, 0.3) is 0 Å². The predicted molar refractivity (Wildman–Crippen MR) is 88.2 cm³/mol. The Hall–Kier alpha value is -3.01. The number of rotatable bonds is 2. The lowest BCUT2D eigenvalue weighted by Crippen LogP contribution is -2.12. The van der Waals surface area contributed by atoms with Gasteiger partial charge in [-0.2, -0.15) is 0 Å². The van der Waals surface area contributed by atoms with E-state index in [1.807, 2.05) is 6.08 Å². The molecule has 0 amide bonds. The molecule has 2 aromatic rings. The molecule has 0 saturated carbocycles. The Morgan fingerprint density at radius 2 is 1.61 bits per heavy atom. The number of ketones is 1. The van der Waals surface area contributed by atoms with Crippen molar-refractivity contribution >= 4 is 17.4 Å². The number of carbonyl (C=O) groups excluding carboxylic acids is 1. The first kappa shape index (κ1) is 14.9. The van der Waals surface area contributed by atoms with E-state index in [-0.39, 0.29) is 23.0 Å². The number of Topliss-reactive ketones (excluding diaryl/α,β-unsaturated/α-hetero) is 1. The Kier molecular flexibility index (Phi) is 3.89. The highest BCUT2D eigenvalue weighted by molar-refractivity contribution is 6.22. The minimum absolute atomic E-state index is 0.0120. The number of carbonyl (C=O) groups is 1. The molecule has 0 aromatic heterocycles. The van der Waals surface area contributed by atoms with E-state index in [4.69, 9.17) is 0 Å². The molecule has 4 nitrogen and oxygen atoms in total. The van der Waals surface area contributed by atoms with Gasteiger partial charge in [0.15, 0.2) is 17.3 Å². The molecule has 116 valence electrons. The van der Waals surface area contributed by atoms with E-state index in [1.165, 1.54) is 12.1 Å². The molecule has 2 aromatic carbocycles. The predicted octanol–water partition coefficient (Wildman–Crippen LogP) is 3.42. The maximum atomic E-state index is 12.2. The summed E-state index contributed by atoms with van der Waals surface area (Å²) in [5.74, 6) is -0.186. The molecule has 0 aliphatic heterocycles. The summed E-state index contributed by atoms with van der Waals surface area (Å²) in [7, 11) is 0. The van der Waals surface area contributed by atoms with Gasteiger partial charge in [0.05, 0.1) is 0 Å². The van der Waals surface area contributed by atoms with Crippen LogP contribution in [0.25, 0.3) is 11.6 Å². The van der Waals surface area contributed by atoms with Gasteiger partial charge in [-0.1, -0.05) is 30.4 Å². The van der Waals surface area contributed by atoms with Crippen LogP contribution in [0.1, 0.15) is 23.1 Å². The van der Waals surface area contributed by atoms with Crippen LogP contribution >= 0.6 is 0 Å². The van der Waals surface area contributed by atoms with Gasteiger partial charge in [-0.3, -0.25) is 4.79 Å². The Morgan fingerprint density at radius 1 is 0.913 bits per heavy atom. The van der Waals surface area contributed by atoms with Gasteiger partial charge >= 0.3 is 0 Å². The number of phenolic OH excluding ortho intramolecular Hbond substituents is 3. The first-order valence-electron chi connectivity index (χ1n) is 7.30. The van der Waals surface area contributed by atoms with E-state index in [9.17, 15) is 20.1 Å². The number of fused-ring (bicyclic) bond motifs is 1. The zero-order valence-electron chi connectivity index (χ0n) is 12.4. The molecule has 4 heteroatoms. The topological polar surface area (TPSA) is 77.8 Å². The maximum Gasteiger partial charge on any atom is 0.163 e. The average Bonchev–Trinajstić information content (AvgIpc) is 2.53. The van der Waals surface area contributed by atoms with Crippen LogP contribution < -0.4 is 0 Å². The monoisotopic (exact) mass is 308 g/mol. The zero-order chi connectivity index (χ0) is 16.4. The molecule has 0 radical (unpaired) electrons. The van der Waals surface area contributed by atoms with Crippen LogP contribution in [0.2, 0.25) is 0 Å². The number of hydrogen-bond donors (Lipinski definition) is 3. The Balaban J connectivity index is 1.94. The molecular formula is C19H16O4. The minimum atomic E-state index is -0.230. The summed E-state index contributed by atoms with van der Waals surface area (Å²) in [6, 6.07) is 9.66. The first-order chi connectivity index (χ1) is 11.0. The molecule has 0 bridgehead atoms. The van der Waals surface area contributed by atoms with Crippen LogP contribution in [-0.2, 0) is 11.2 Å². The number of phenols is 3. The molecule has 0 fully saturated rings. The van der Waals surface area contributed by atoms with Gasteiger partial charge < -0.3 is 15.3 Å². The molecule has 0 saturated heterocycles. The van der Waals surface area contributed by atoms with Gasteiger partial charge in [0, 0.05) is 12.0 Å². The first-order valence-corrected chi connectivity index (χ1v) is 7.30. The highest BCUT2D eigenvalue weighted by Gasteiger charge is 2.22. The second-order valence-corrected chi connectivity index (χ2v) is 5.45. The molecule has 3 rings (SSSR count). The van der Waals surface area contributed by atoms with Crippen molar-refractivity contribution in [2.24, 2.45) is 0 Å². The standard InChI is InChI=1S/C19H16O4/c20-14-7-4-12(5-8-14)2-1-3-15-16-11-19(23)18(22)10-13(16)6-9-17(15)21/h1-5,7-8,10-11,20,22-23H,6,9H2/b2-1+,15-3+. The maximum absolute atomic E-state index is 12.2. The molecule has 0 spiro atoms. The molecule has 3 N–H and O–H groups in total. The van der Waals surface area contributed by atoms with E-state index >= 15 is 0 Å². The Labute approximate surface area is 133 Å². The van der Waals surface area contributed by atoms with Crippen LogP contribution in [0, 0.1) is 0 Å². The molecular weight excluding hydrogens is 292 g/mol. The van der Waals surface area contributed by atoms with Crippen molar-refractivity contribution < 1.29 is 20.1 Å². The van der Waals surface area contributed by atoms with E-state index in [2.05, 4.69) is 0 Å². The molecule has 0 unspecified atom stereocenters. The van der Waals surface area contributed by atoms with Crippen LogP contribution in [-0.4, -0.2) is 21.1 Å². The Morgan fingerprint density at radius 3 is 2.35 bits per heavy atom. The summed E-state index contributed by atoms with van der Waals surface area (Å²) >= 11 is 0. The van der Waals surface area contributed by atoms with Crippen molar-refractivity contribution in [3.8, 4) is 17.2 Å². The summed E-state index contributed by atoms with van der Waals surface area (Å²) in [6.07, 6.45) is 6.24. The van der Waals surface area contributed by atoms with Gasteiger partial charge in [-0.15, -0.1) is 0 Å². The summed E-state index contributed by atoms with van der Waals surface area (Å²) in [5.41, 5.74) is 2.93. The lowest BCUT2D eigenvalue weighted by Gasteiger charge is -2.18. The van der Waals surface area contributed by atoms with Crippen LogP contribution in [0.5, 0.6) is 17.2 Å². The van der Waals surface area contributed by atoms with E-state index in [0.29, 0.717) is 24.0 Å². The van der Waals surface area contributed by atoms with E-state index in [0.717, 1.165) is 11.1 Å². The third-order valence-electron chi connectivity index (χ3n) is 3.86. The van der Waals surface area contributed by atoms with Gasteiger partial charge in [0.1, 0.15) is 5.75 Å². The summed E-state index contributed by atoms with van der Waals surface area (Å²) in [5, 5.41) is 28.5. The lowest BCUT2D eigenvalue weighted by molar-refractivity contribution is -0.113.